The predicted octanol–water partition coefficient (Wildman–Crippen LogP) is 1.31. The molecule has 6 nitrogen and oxygen atoms in total. The van der Waals surface area contributed by atoms with Crippen molar-refractivity contribution in [1.82, 2.24) is 15.4 Å². The SMILES string of the molecule is NC(=O)c1n[nH]nc1-c1cccc(OC(F)F)c1F. The van der Waals surface area contributed by atoms with Gasteiger partial charge in [-0.15, -0.1) is 0 Å². The first-order chi connectivity index (χ1) is 9.00. The zero-order valence-electron chi connectivity index (χ0n) is 9.23. The molecule has 2 aromatic rings. The first kappa shape index (κ1) is 12.9. The summed E-state index contributed by atoms with van der Waals surface area (Å²) in [6.07, 6.45) is 0. The Kier molecular flexibility index (Phi) is 3.36. The number of hydrogen-bond acceptors (Lipinski definition) is 4. The van der Waals surface area contributed by atoms with Gasteiger partial charge in [0.1, 0.15) is 5.69 Å². The lowest BCUT2D eigenvalue weighted by Crippen LogP contribution is -2.13. The summed E-state index contributed by atoms with van der Waals surface area (Å²) in [4.78, 5) is 11.1. The van der Waals surface area contributed by atoms with Crippen LogP contribution in [0.4, 0.5) is 13.2 Å². The smallest absolute Gasteiger partial charge is 0.387 e. The molecule has 2 rings (SSSR count). The van der Waals surface area contributed by atoms with Gasteiger partial charge in [-0.2, -0.15) is 24.2 Å². The molecule has 0 aliphatic heterocycles. The molecule has 9 heteroatoms. The number of primary amides is 1. The maximum Gasteiger partial charge on any atom is 0.387 e. The van der Waals surface area contributed by atoms with Crippen LogP contribution in [0.5, 0.6) is 5.75 Å². The summed E-state index contributed by atoms with van der Waals surface area (Å²) >= 11 is 0. The second-order valence-electron chi connectivity index (χ2n) is 3.38. The van der Waals surface area contributed by atoms with E-state index in [1.807, 2.05) is 0 Å². The lowest BCUT2D eigenvalue weighted by atomic mass is 10.1. The molecule has 3 N–H and O–H groups in total. The molecule has 0 aliphatic carbocycles. The molecule has 0 spiro atoms. The van der Waals surface area contributed by atoms with E-state index in [1.54, 1.807) is 0 Å². The minimum atomic E-state index is -3.17. The maximum absolute atomic E-state index is 13.9. The van der Waals surface area contributed by atoms with Gasteiger partial charge in [-0.05, 0) is 12.1 Å². The first-order valence-corrected chi connectivity index (χ1v) is 4.95. The van der Waals surface area contributed by atoms with Crippen LogP contribution < -0.4 is 10.5 Å². The topological polar surface area (TPSA) is 93.9 Å². The lowest BCUT2D eigenvalue weighted by molar-refractivity contribution is -0.0521. The third-order valence-corrected chi connectivity index (χ3v) is 2.22. The van der Waals surface area contributed by atoms with Gasteiger partial charge in [0.25, 0.3) is 5.91 Å². The van der Waals surface area contributed by atoms with Gasteiger partial charge < -0.3 is 10.5 Å². The van der Waals surface area contributed by atoms with E-state index >= 15 is 0 Å². The average Bonchev–Trinajstić information content (AvgIpc) is 2.80. The summed E-state index contributed by atoms with van der Waals surface area (Å²) < 4.78 is 42.1. The zero-order chi connectivity index (χ0) is 14.0. The summed E-state index contributed by atoms with van der Waals surface area (Å²) in [5, 5.41) is 9.14. The Morgan fingerprint density at radius 3 is 2.74 bits per heavy atom. The first-order valence-electron chi connectivity index (χ1n) is 4.95. The summed E-state index contributed by atoms with van der Waals surface area (Å²) in [7, 11) is 0. The third kappa shape index (κ3) is 2.49. The largest absolute Gasteiger partial charge is 0.432 e. The number of carbonyl (C=O) groups is 1. The van der Waals surface area contributed by atoms with Crippen molar-refractivity contribution in [3.63, 3.8) is 0 Å². The Labute approximate surface area is 104 Å². The van der Waals surface area contributed by atoms with Gasteiger partial charge in [0.05, 0.1) is 0 Å². The van der Waals surface area contributed by atoms with Crippen LogP contribution >= 0.6 is 0 Å². The Morgan fingerprint density at radius 2 is 2.11 bits per heavy atom. The second kappa shape index (κ2) is 4.96. The van der Waals surface area contributed by atoms with Crippen molar-refractivity contribution in [3.8, 4) is 17.0 Å². The molecule has 0 saturated heterocycles. The number of alkyl halides is 2. The van der Waals surface area contributed by atoms with E-state index in [0.717, 1.165) is 6.07 Å². The van der Waals surface area contributed by atoms with Gasteiger partial charge in [-0.25, -0.2) is 4.39 Å². The van der Waals surface area contributed by atoms with Crippen molar-refractivity contribution in [2.24, 2.45) is 5.73 Å². The average molecular weight is 272 g/mol. The second-order valence-corrected chi connectivity index (χ2v) is 3.38. The molecule has 0 unspecified atom stereocenters. The normalized spacial score (nSPS) is 10.7. The van der Waals surface area contributed by atoms with Crippen molar-refractivity contribution in [2.75, 3.05) is 0 Å². The predicted molar refractivity (Wildman–Crippen MR) is 56.9 cm³/mol. The number of nitrogens with zero attached hydrogens (tertiary/aromatic N) is 2. The van der Waals surface area contributed by atoms with Crippen molar-refractivity contribution >= 4 is 5.91 Å². The number of nitrogens with one attached hydrogen (secondary N) is 1. The lowest BCUT2D eigenvalue weighted by Gasteiger charge is -2.08. The Bertz CT molecular complexity index is 615. The third-order valence-electron chi connectivity index (χ3n) is 2.22. The van der Waals surface area contributed by atoms with Crippen molar-refractivity contribution in [1.29, 1.82) is 0 Å². The van der Waals surface area contributed by atoms with E-state index in [9.17, 15) is 18.0 Å². The fraction of sp³-hybridized carbons (Fsp3) is 0.100. The van der Waals surface area contributed by atoms with Crippen molar-refractivity contribution in [3.05, 3.63) is 29.7 Å². The van der Waals surface area contributed by atoms with Crippen LogP contribution in [0.3, 0.4) is 0 Å². The Morgan fingerprint density at radius 1 is 1.37 bits per heavy atom. The molecule has 0 saturated carbocycles. The number of carbonyl (C=O) groups excluding carboxylic acids is 1. The summed E-state index contributed by atoms with van der Waals surface area (Å²) in [6, 6.07) is 3.53. The highest BCUT2D eigenvalue weighted by molar-refractivity contribution is 5.96. The standard InChI is InChI=1S/C10H7F3N4O2/c11-6-4(2-1-3-5(6)19-10(12)13)7-8(9(14)18)16-17-15-7/h1-3,10H,(H2,14,18)(H,15,16,17). The molecular formula is C10H7F3N4O2. The van der Waals surface area contributed by atoms with Crippen LogP contribution in [0.2, 0.25) is 0 Å². The Balaban J connectivity index is 2.51. The van der Waals surface area contributed by atoms with Crippen molar-refractivity contribution < 1.29 is 22.7 Å². The van der Waals surface area contributed by atoms with Gasteiger partial charge in [0.15, 0.2) is 17.3 Å². The Hall–Kier alpha value is -2.58. The molecule has 0 radical (unpaired) electrons. The number of ether oxygens (including phenoxy) is 1. The minimum absolute atomic E-state index is 0.176. The molecular weight excluding hydrogens is 265 g/mol. The molecule has 1 heterocycles. The van der Waals surface area contributed by atoms with Crippen LogP contribution in [0.1, 0.15) is 10.5 Å². The van der Waals surface area contributed by atoms with Crippen LogP contribution in [0.25, 0.3) is 11.3 Å². The van der Waals surface area contributed by atoms with Crippen LogP contribution in [0.15, 0.2) is 18.2 Å². The van der Waals surface area contributed by atoms with Gasteiger partial charge in [0.2, 0.25) is 0 Å². The molecule has 1 aromatic heterocycles. The van der Waals surface area contributed by atoms with E-state index in [2.05, 4.69) is 20.1 Å². The zero-order valence-corrected chi connectivity index (χ0v) is 9.23. The number of benzene rings is 1. The van der Waals surface area contributed by atoms with Crippen LogP contribution in [0, 0.1) is 5.82 Å². The highest BCUT2D eigenvalue weighted by atomic mass is 19.3. The number of amides is 1. The molecule has 0 bridgehead atoms. The van der Waals surface area contributed by atoms with Crippen molar-refractivity contribution in [2.45, 2.75) is 6.61 Å². The highest BCUT2D eigenvalue weighted by Crippen LogP contribution is 2.29. The minimum Gasteiger partial charge on any atom is -0.432 e. The summed E-state index contributed by atoms with van der Waals surface area (Å²) in [6.45, 7) is -3.17. The molecule has 1 aromatic carbocycles. The summed E-state index contributed by atoms with van der Waals surface area (Å²) in [5.74, 6) is -2.67. The summed E-state index contributed by atoms with van der Waals surface area (Å²) in [5.41, 5.74) is 4.33. The van der Waals surface area contributed by atoms with Gasteiger partial charge >= 0.3 is 6.61 Å². The molecule has 19 heavy (non-hydrogen) atoms. The van der Waals surface area contributed by atoms with E-state index in [1.165, 1.54) is 12.1 Å². The van der Waals surface area contributed by atoms with E-state index in [-0.39, 0.29) is 17.0 Å². The highest BCUT2D eigenvalue weighted by Gasteiger charge is 2.21. The number of hydrogen-bond donors (Lipinski definition) is 2. The number of H-pyrrole nitrogens is 1. The van der Waals surface area contributed by atoms with Gasteiger partial charge in [-0.3, -0.25) is 4.79 Å². The number of rotatable bonds is 4. The van der Waals surface area contributed by atoms with E-state index in [0.29, 0.717) is 0 Å². The van der Waals surface area contributed by atoms with E-state index in [4.69, 9.17) is 5.73 Å². The monoisotopic (exact) mass is 272 g/mol. The number of aromatic nitrogens is 3. The number of nitrogens with two attached hydrogens (primary N) is 1. The molecule has 0 aliphatic rings. The maximum atomic E-state index is 13.9. The van der Waals surface area contributed by atoms with Crippen LogP contribution in [-0.4, -0.2) is 27.9 Å². The molecule has 0 atom stereocenters. The quantitative estimate of drug-likeness (QED) is 0.877. The molecule has 1 amide bonds. The molecule has 100 valence electrons. The van der Waals surface area contributed by atoms with Gasteiger partial charge in [0, 0.05) is 5.56 Å². The van der Waals surface area contributed by atoms with Crippen LogP contribution in [-0.2, 0) is 0 Å². The van der Waals surface area contributed by atoms with E-state index < -0.39 is 24.1 Å². The number of aromatic amines is 1. The fourth-order valence-corrected chi connectivity index (χ4v) is 1.47. The molecule has 0 fully saturated rings. The van der Waals surface area contributed by atoms with Gasteiger partial charge in [-0.1, -0.05) is 6.07 Å². The fourth-order valence-electron chi connectivity index (χ4n) is 1.47. The number of halogens is 3.